The second kappa shape index (κ2) is 6.28. The van der Waals surface area contributed by atoms with E-state index in [2.05, 4.69) is 39.3 Å². The van der Waals surface area contributed by atoms with E-state index in [9.17, 15) is 9.59 Å². The van der Waals surface area contributed by atoms with E-state index in [1.807, 2.05) is 48.5 Å². The maximum Gasteiger partial charge on any atom is 0.192 e. The van der Waals surface area contributed by atoms with Crippen LogP contribution in [0.3, 0.4) is 0 Å². The highest BCUT2D eigenvalue weighted by molar-refractivity contribution is 8.46. The SMILES string of the molecule is C[Si](C)(C)O[C@]12c3ccccc3C(=O)P1P1C(=O)c3ccccc3[C@@]12O[Si](C)(C)C. The second-order valence-corrected chi connectivity index (χ2v) is 24.6. The largest absolute Gasteiger partial charge is 0.401 e. The fourth-order valence-corrected chi connectivity index (χ4v) is 19.4. The first-order chi connectivity index (χ1) is 13.9. The van der Waals surface area contributed by atoms with Crippen molar-refractivity contribution >= 4 is 42.9 Å². The molecule has 2 aromatic rings. The number of benzene rings is 2. The van der Waals surface area contributed by atoms with Gasteiger partial charge in [0, 0.05) is 37.5 Å². The molecule has 0 radical (unpaired) electrons. The van der Waals surface area contributed by atoms with Crippen molar-refractivity contribution in [3.63, 3.8) is 0 Å². The second-order valence-electron chi connectivity index (χ2n) is 10.0. The Labute approximate surface area is 182 Å². The molecule has 5 rings (SSSR count). The van der Waals surface area contributed by atoms with Crippen LogP contribution >= 0.6 is 15.2 Å². The quantitative estimate of drug-likeness (QED) is 0.372. The molecule has 0 aliphatic carbocycles. The van der Waals surface area contributed by atoms with Crippen LogP contribution in [-0.2, 0) is 19.5 Å². The average molecular weight is 473 g/mol. The van der Waals surface area contributed by atoms with E-state index in [1.165, 1.54) is 0 Å². The lowest BCUT2D eigenvalue weighted by molar-refractivity contribution is -0.0267. The molecule has 0 aromatic heterocycles. The van der Waals surface area contributed by atoms with Crippen molar-refractivity contribution in [1.29, 1.82) is 0 Å². The molecule has 0 saturated carbocycles. The van der Waals surface area contributed by atoms with E-state index in [0.29, 0.717) is 0 Å². The smallest absolute Gasteiger partial charge is 0.192 e. The zero-order valence-corrected chi connectivity index (χ0v) is 21.9. The van der Waals surface area contributed by atoms with E-state index < -0.39 is 42.5 Å². The van der Waals surface area contributed by atoms with Crippen molar-refractivity contribution in [2.24, 2.45) is 0 Å². The van der Waals surface area contributed by atoms with Gasteiger partial charge in [0.15, 0.2) is 38.4 Å². The summed E-state index contributed by atoms with van der Waals surface area (Å²) >= 11 is 0. The Kier molecular flexibility index (Phi) is 4.37. The summed E-state index contributed by atoms with van der Waals surface area (Å²) in [6, 6.07) is 15.6. The van der Waals surface area contributed by atoms with Crippen LogP contribution in [-0.4, -0.2) is 27.7 Å². The Morgan fingerprint density at radius 1 is 0.633 bits per heavy atom. The van der Waals surface area contributed by atoms with Gasteiger partial charge in [-0.05, 0) is 39.3 Å². The number of carbonyl (C=O) groups excluding carboxylic acids is 2. The van der Waals surface area contributed by atoms with Gasteiger partial charge in [-0.2, -0.15) is 0 Å². The van der Waals surface area contributed by atoms with Crippen LogP contribution in [0.2, 0.25) is 39.3 Å². The molecule has 2 unspecified atom stereocenters. The van der Waals surface area contributed by atoms with Crippen molar-refractivity contribution in [3.05, 3.63) is 70.8 Å². The minimum absolute atomic E-state index is 0.112. The van der Waals surface area contributed by atoms with E-state index in [0.717, 1.165) is 22.3 Å². The molecule has 0 N–H and O–H groups in total. The molecule has 1 saturated heterocycles. The highest BCUT2D eigenvalue weighted by Crippen LogP contribution is 3.05. The van der Waals surface area contributed by atoms with Crippen LogP contribution < -0.4 is 0 Å². The van der Waals surface area contributed by atoms with Gasteiger partial charge in [-0.15, -0.1) is 0 Å². The van der Waals surface area contributed by atoms with Crippen molar-refractivity contribution < 1.29 is 18.4 Å². The molecule has 0 bridgehead atoms. The summed E-state index contributed by atoms with van der Waals surface area (Å²) in [7, 11) is -6.87. The molecular weight excluding hydrogens is 446 g/mol. The van der Waals surface area contributed by atoms with Gasteiger partial charge < -0.3 is 8.85 Å². The molecule has 0 spiro atoms. The predicted octanol–water partition coefficient (Wildman–Crippen LogP) is 6.60. The zero-order chi connectivity index (χ0) is 21.7. The van der Waals surface area contributed by atoms with Crippen molar-refractivity contribution in [2.75, 3.05) is 0 Å². The van der Waals surface area contributed by atoms with E-state index in [-0.39, 0.29) is 11.0 Å². The van der Waals surface area contributed by atoms with Gasteiger partial charge in [0.05, 0.1) is 0 Å². The molecular formula is C22H26O4P2Si2. The standard InChI is InChI=1S/C22H26O4P2Si2/c1-29(2,3)25-21-17-13-9-7-11-15(17)19(23)27(21)28-20(24)16-12-8-10-14-18(16)22(21,28)26-30(4,5)6/h7-14H,1-6H3/t21-,22-,27?,28?/m1/s1. The lowest BCUT2D eigenvalue weighted by atomic mass is 9.92. The molecule has 3 aliphatic heterocycles. The number of hydrogen-bond acceptors (Lipinski definition) is 4. The molecule has 2 aromatic carbocycles. The minimum atomic E-state index is -2.11. The van der Waals surface area contributed by atoms with Crippen LogP contribution in [0.1, 0.15) is 31.8 Å². The molecule has 156 valence electrons. The molecule has 3 heterocycles. The van der Waals surface area contributed by atoms with Crippen molar-refractivity contribution in [2.45, 2.75) is 50.0 Å². The van der Waals surface area contributed by atoms with Crippen LogP contribution in [0.4, 0.5) is 0 Å². The monoisotopic (exact) mass is 472 g/mol. The molecule has 0 amide bonds. The van der Waals surface area contributed by atoms with Gasteiger partial charge in [-0.3, -0.25) is 9.59 Å². The number of rotatable bonds is 4. The minimum Gasteiger partial charge on any atom is -0.401 e. The molecule has 30 heavy (non-hydrogen) atoms. The topological polar surface area (TPSA) is 52.6 Å². The van der Waals surface area contributed by atoms with Crippen LogP contribution in [0.25, 0.3) is 0 Å². The molecule has 1 fully saturated rings. The Morgan fingerprint density at radius 2 is 0.967 bits per heavy atom. The van der Waals surface area contributed by atoms with E-state index in [1.54, 1.807) is 0 Å². The number of fused-ring (bicyclic) bond motifs is 8. The summed E-state index contributed by atoms with van der Waals surface area (Å²) in [6.07, 6.45) is 0. The fraction of sp³-hybridized carbons (Fsp3) is 0.364. The summed E-state index contributed by atoms with van der Waals surface area (Å²) in [6.45, 7) is 13.0. The van der Waals surface area contributed by atoms with Crippen LogP contribution in [0.15, 0.2) is 48.5 Å². The van der Waals surface area contributed by atoms with Crippen molar-refractivity contribution in [3.8, 4) is 0 Å². The number of carbonyl (C=O) groups is 2. The highest BCUT2D eigenvalue weighted by atomic mass is 32.1. The van der Waals surface area contributed by atoms with Gasteiger partial charge in [0.25, 0.3) is 0 Å². The third kappa shape index (κ3) is 2.47. The summed E-state index contributed by atoms with van der Waals surface area (Å²) in [5.41, 5.74) is 3.54. The maximum atomic E-state index is 13.7. The highest BCUT2D eigenvalue weighted by Gasteiger charge is 2.85. The average Bonchev–Trinajstić information content (AvgIpc) is 2.98. The maximum absolute atomic E-state index is 13.7. The Bertz CT molecular complexity index is 1020. The molecule has 8 heteroatoms. The van der Waals surface area contributed by atoms with Gasteiger partial charge in [0.2, 0.25) is 0 Å². The third-order valence-corrected chi connectivity index (χ3v) is 16.1. The first kappa shape index (κ1) is 20.9. The van der Waals surface area contributed by atoms with E-state index in [4.69, 9.17) is 8.85 Å². The van der Waals surface area contributed by atoms with Gasteiger partial charge in [-0.25, -0.2) is 0 Å². The first-order valence-electron chi connectivity index (χ1n) is 10.2. The van der Waals surface area contributed by atoms with Gasteiger partial charge in [0.1, 0.15) is 0 Å². The summed E-state index contributed by atoms with van der Waals surface area (Å²) < 4.78 is 14.1. The first-order valence-corrected chi connectivity index (χ1v) is 20.4. The molecule has 3 aliphatic rings. The predicted molar refractivity (Wildman–Crippen MR) is 128 cm³/mol. The Morgan fingerprint density at radius 3 is 1.30 bits per heavy atom. The lowest BCUT2D eigenvalue weighted by Crippen LogP contribution is -2.60. The lowest BCUT2D eigenvalue weighted by Gasteiger charge is -2.64. The molecule has 4 atom stereocenters. The Hall–Kier alpha value is -1.01. The summed E-state index contributed by atoms with van der Waals surface area (Å²) in [5.74, 6) is 0. The van der Waals surface area contributed by atoms with E-state index >= 15 is 0 Å². The van der Waals surface area contributed by atoms with Gasteiger partial charge in [-0.1, -0.05) is 48.5 Å². The van der Waals surface area contributed by atoms with Crippen molar-refractivity contribution in [1.82, 2.24) is 0 Å². The third-order valence-electron chi connectivity index (χ3n) is 5.59. The number of hydrogen-bond donors (Lipinski definition) is 0. The zero-order valence-electron chi connectivity index (χ0n) is 18.1. The van der Waals surface area contributed by atoms with Crippen LogP contribution in [0, 0.1) is 0 Å². The van der Waals surface area contributed by atoms with Crippen LogP contribution in [0.5, 0.6) is 0 Å². The Balaban J connectivity index is 1.88. The summed E-state index contributed by atoms with van der Waals surface area (Å²) in [4.78, 5) is 27.4. The normalized spacial score (nSPS) is 31.7. The molecule has 4 nitrogen and oxygen atoms in total. The fourth-order valence-electron chi connectivity index (χ4n) is 4.96. The summed E-state index contributed by atoms with van der Waals surface area (Å²) in [5, 5.41) is -1.70. The van der Waals surface area contributed by atoms with Gasteiger partial charge >= 0.3 is 0 Å².